The average molecular weight is 313 g/mol. The number of ether oxygens (including phenoxy) is 1. The van der Waals surface area contributed by atoms with Gasteiger partial charge >= 0.3 is 0 Å². The van der Waals surface area contributed by atoms with Crippen molar-refractivity contribution in [3.63, 3.8) is 0 Å². The van der Waals surface area contributed by atoms with E-state index in [1.54, 1.807) is 11.8 Å². The zero-order chi connectivity index (χ0) is 15.4. The smallest absolute Gasteiger partial charge is 0.258 e. The van der Waals surface area contributed by atoms with Crippen molar-refractivity contribution in [2.45, 2.75) is 18.2 Å². The molecule has 0 spiro atoms. The van der Waals surface area contributed by atoms with Crippen LogP contribution in [0.5, 0.6) is 5.75 Å². The highest BCUT2D eigenvalue weighted by molar-refractivity contribution is 7.99. The van der Waals surface area contributed by atoms with Gasteiger partial charge < -0.3 is 9.64 Å². The van der Waals surface area contributed by atoms with Crippen LogP contribution in [0.15, 0.2) is 53.4 Å². The highest BCUT2D eigenvalue weighted by atomic mass is 32.2. The number of amides is 1. The molecule has 3 rings (SSSR count). The molecular weight excluding hydrogens is 294 g/mol. The minimum absolute atomic E-state index is 0.0507. The molecule has 2 aromatic carbocycles. The molecule has 114 valence electrons. The third-order valence-electron chi connectivity index (χ3n) is 3.55. The Morgan fingerprint density at radius 3 is 2.73 bits per heavy atom. The van der Waals surface area contributed by atoms with E-state index in [1.165, 1.54) is 4.90 Å². The van der Waals surface area contributed by atoms with Gasteiger partial charge in [-0.1, -0.05) is 19.1 Å². The lowest BCUT2D eigenvalue weighted by Gasteiger charge is -2.29. The molecule has 0 saturated carbocycles. The number of anilines is 1. The second-order valence-corrected chi connectivity index (χ2v) is 6.28. The van der Waals surface area contributed by atoms with Crippen LogP contribution in [0.4, 0.5) is 5.69 Å². The minimum atomic E-state index is 0.0507. The van der Waals surface area contributed by atoms with Crippen molar-refractivity contribution in [3.05, 3.63) is 54.1 Å². The van der Waals surface area contributed by atoms with Gasteiger partial charge in [0.15, 0.2) is 0 Å². The highest BCUT2D eigenvalue weighted by Crippen LogP contribution is 2.35. The maximum atomic E-state index is 12.8. The summed E-state index contributed by atoms with van der Waals surface area (Å²) in [7, 11) is 0. The van der Waals surface area contributed by atoms with E-state index >= 15 is 0 Å². The molecule has 0 aromatic heterocycles. The maximum absolute atomic E-state index is 12.8. The van der Waals surface area contributed by atoms with Crippen LogP contribution in [0.25, 0.3) is 0 Å². The van der Waals surface area contributed by atoms with Gasteiger partial charge in [-0.25, -0.2) is 0 Å². The van der Waals surface area contributed by atoms with Gasteiger partial charge in [-0.2, -0.15) is 0 Å². The second-order valence-electron chi connectivity index (χ2n) is 5.15. The first kappa shape index (κ1) is 15.0. The summed E-state index contributed by atoms with van der Waals surface area (Å²) in [6.07, 6.45) is 0.975. The first-order valence-corrected chi connectivity index (χ1v) is 8.54. The summed E-state index contributed by atoms with van der Waals surface area (Å²) in [6.45, 7) is 3.52. The molecule has 4 heteroatoms. The van der Waals surface area contributed by atoms with E-state index in [1.807, 2.05) is 47.4 Å². The number of hydrogen-bond donors (Lipinski definition) is 0. The van der Waals surface area contributed by atoms with Gasteiger partial charge in [0.25, 0.3) is 5.91 Å². The lowest BCUT2D eigenvalue weighted by atomic mass is 10.1. The molecule has 0 bridgehead atoms. The zero-order valence-electron chi connectivity index (χ0n) is 12.6. The summed E-state index contributed by atoms with van der Waals surface area (Å²) >= 11 is 1.80. The quantitative estimate of drug-likeness (QED) is 0.846. The predicted molar refractivity (Wildman–Crippen MR) is 91.1 cm³/mol. The first-order chi connectivity index (χ1) is 10.8. The minimum Gasteiger partial charge on any atom is -0.494 e. The lowest BCUT2D eigenvalue weighted by molar-refractivity contribution is 0.0987. The molecule has 3 nitrogen and oxygen atoms in total. The molecule has 1 heterocycles. The largest absolute Gasteiger partial charge is 0.494 e. The number of rotatable bonds is 4. The molecule has 0 radical (unpaired) electrons. The van der Waals surface area contributed by atoms with Crippen molar-refractivity contribution in [2.75, 3.05) is 23.8 Å². The Labute approximate surface area is 135 Å². The summed E-state index contributed by atoms with van der Waals surface area (Å²) in [4.78, 5) is 15.8. The van der Waals surface area contributed by atoms with Gasteiger partial charge in [0.05, 0.1) is 12.3 Å². The Balaban J connectivity index is 1.80. The third-order valence-corrected chi connectivity index (χ3v) is 4.59. The number of benzene rings is 2. The molecule has 22 heavy (non-hydrogen) atoms. The number of thioether (sulfide) groups is 1. The van der Waals surface area contributed by atoms with Crippen molar-refractivity contribution in [3.8, 4) is 5.75 Å². The molecular formula is C18H19NO2S. The van der Waals surface area contributed by atoms with E-state index in [9.17, 15) is 4.79 Å². The van der Waals surface area contributed by atoms with Crippen LogP contribution in [0.1, 0.15) is 23.7 Å². The molecule has 0 saturated heterocycles. The van der Waals surface area contributed by atoms with Crippen LogP contribution in [0.2, 0.25) is 0 Å². The summed E-state index contributed by atoms with van der Waals surface area (Å²) < 4.78 is 5.56. The fourth-order valence-electron chi connectivity index (χ4n) is 2.45. The zero-order valence-corrected chi connectivity index (χ0v) is 13.4. The van der Waals surface area contributed by atoms with Crippen LogP contribution in [0.3, 0.4) is 0 Å². The Kier molecular flexibility index (Phi) is 4.68. The van der Waals surface area contributed by atoms with Gasteiger partial charge in [0.1, 0.15) is 5.75 Å². The fourth-order valence-corrected chi connectivity index (χ4v) is 3.44. The number of nitrogens with zero attached hydrogens (tertiary/aromatic N) is 1. The second kappa shape index (κ2) is 6.88. The fraction of sp³-hybridized carbons (Fsp3) is 0.278. The molecule has 0 atom stereocenters. The van der Waals surface area contributed by atoms with Crippen molar-refractivity contribution in [1.29, 1.82) is 0 Å². The molecule has 1 amide bonds. The topological polar surface area (TPSA) is 29.5 Å². The summed E-state index contributed by atoms with van der Waals surface area (Å²) in [5, 5.41) is 0. The summed E-state index contributed by atoms with van der Waals surface area (Å²) in [5.74, 6) is 1.79. The number of hydrogen-bond acceptors (Lipinski definition) is 3. The standard InChI is InChI=1S/C18H19NO2S/c1-2-12-21-15-9-7-14(8-10-15)18(20)19-11-13-22-17-6-4-3-5-16(17)19/h3-10H,2,11-13H2,1H3. The lowest BCUT2D eigenvalue weighted by Crippen LogP contribution is -2.35. The Morgan fingerprint density at radius 1 is 1.18 bits per heavy atom. The SMILES string of the molecule is CCCOc1ccc(C(=O)N2CCSc3ccccc32)cc1. The summed E-state index contributed by atoms with van der Waals surface area (Å²) in [5.41, 5.74) is 1.71. The van der Waals surface area contributed by atoms with Crippen molar-refractivity contribution < 1.29 is 9.53 Å². The maximum Gasteiger partial charge on any atom is 0.258 e. The van der Waals surface area contributed by atoms with Crippen LogP contribution >= 0.6 is 11.8 Å². The molecule has 0 N–H and O–H groups in total. The van der Waals surface area contributed by atoms with Gasteiger partial charge in [-0.3, -0.25) is 4.79 Å². The normalized spacial score (nSPS) is 13.6. The number of carbonyl (C=O) groups excluding carboxylic acids is 1. The van der Waals surface area contributed by atoms with E-state index in [4.69, 9.17) is 4.74 Å². The predicted octanol–water partition coefficient (Wildman–Crippen LogP) is 4.23. The van der Waals surface area contributed by atoms with E-state index in [0.29, 0.717) is 12.2 Å². The van der Waals surface area contributed by atoms with Crippen molar-refractivity contribution in [1.82, 2.24) is 0 Å². The number of para-hydroxylation sites is 1. The number of carbonyl (C=O) groups is 1. The molecule has 1 aliphatic rings. The van der Waals surface area contributed by atoms with Crippen LogP contribution < -0.4 is 9.64 Å². The Hall–Kier alpha value is -1.94. The Morgan fingerprint density at radius 2 is 1.95 bits per heavy atom. The Bertz CT molecular complexity index is 654. The van der Waals surface area contributed by atoms with E-state index in [2.05, 4.69) is 13.0 Å². The third kappa shape index (κ3) is 3.12. The first-order valence-electron chi connectivity index (χ1n) is 7.56. The van der Waals surface area contributed by atoms with E-state index in [0.717, 1.165) is 30.2 Å². The monoisotopic (exact) mass is 313 g/mol. The van der Waals surface area contributed by atoms with Gasteiger partial charge in [-0.05, 0) is 42.8 Å². The van der Waals surface area contributed by atoms with Crippen molar-refractivity contribution in [2.24, 2.45) is 0 Å². The molecule has 1 aliphatic heterocycles. The van der Waals surface area contributed by atoms with E-state index in [-0.39, 0.29) is 5.91 Å². The number of fused-ring (bicyclic) bond motifs is 1. The highest BCUT2D eigenvalue weighted by Gasteiger charge is 2.23. The molecule has 2 aromatic rings. The summed E-state index contributed by atoms with van der Waals surface area (Å²) in [6, 6.07) is 15.5. The van der Waals surface area contributed by atoms with Crippen LogP contribution in [-0.2, 0) is 0 Å². The average Bonchev–Trinajstić information content (AvgIpc) is 2.59. The van der Waals surface area contributed by atoms with Gasteiger partial charge in [-0.15, -0.1) is 11.8 Å². The molecule has 0 fully saturated rings. The van der Waals surface area contributed by atoms with Crippen molar-refractivity contribution >= 4 is 23.4 Å². The molecule has 0 unspecified atom stereocenters. The van der Waals surface area contributed by atoms with Crippen LogP contribution in [0, 0.1) is 0 Å². The van der Waals surface area contributed by atoms with Gasteiger partial charge in [0, 0.05) is 22.8 Å². The van der Waals surface area contributed by atoms with E-state index < -0.39 is 0 Å². The van der Waals surface area contributed by atoms with Crippen LogP contribution in [-0.4, -0.2) is 24.8 Å². The molecule has 0 aliphatic carbocycles. The van der Waals surface area contributed by atoms with Gasteiger partial charge in [0.2, 0.25) is 0 Å².